The van der Waals surface area contributed by atoms with Crippen LogP contribution in [-0.4, -0.2) is 64.2 Å². The summed E-state index contributed by atoms with van der Waals surface area (Å²) in [5, 5.41) is 18.2. The number of rotatable bonds is 14. The molecule has 3 heterocycles. The zero-order valence-electron chi connectivity index (χ0n) is 25.3. The van der Waals surface area contributed by atoms with Gasteiger partial charge >= 0.3 is 17.8 Å². The highest BCUT2D eigenvalue weighted by atomic mass is 35.5. The van der Waals surface area contributed by atoms with E-state index in [1.54, 1.807) is 37.3 Å². The molecule has 1 aromatic carbocycles. The smallest absolute Gasteiger partial charge is 0.320 e. The third kappa shape index (κ3) is 10.4. The SMILES string of the molecule is Cc1cc(NC(=O)C(=O)NCC(C)(C)CNC(=O)c2ccc(Nc3cc(NCc4ccc(Cl)cc4)nc(OCCF)n3)nc2)no1. The van der Waals surface area contributed by atoms with Gasteiger partial charge in [-0.15, -0.1) is 0 Å². The number of carbonyl (C=O) groups excluding carboxylic acids is 3. The molecule has 0 spiro atoms. The Balaban J connectivity index is 1.29. The van der Waals surface area contributed by atoms with E-state index in [4.69, 9.17) is 20.9 Å². The molecule has 0 aliphatic rings. The molecule has 0 fully saturated rings. The van der Waals surface area contributed by atoms with Crippen molar-refractivity contribution in [2.24, 2.45) is 5.41 Å². The summed E-state index contributed by atoms with van der Waals surface area (Å²) in [7, 11) is 0. The van der Waals surface area contributed by atoms with Crippen LogP contribution in [-0.2, 0) is 16.1 Å². The lowest BCUT2D eigenvalue weighted by Crippen LogP contribution is -2.45. The monoisotopic (exact) mass is 653 g/mol. The Morgan fingerprint density at radius 1 is 0.935 bits per heavy atom. The van der Waals surface area contributed by atoms with E-state index in [9.17, 15) is 18.8 Å². The summed E-state index contributed by atoms with van der Waals surface area (Å²) in [6.07, 6.45) is 1.39. The fourth-order valence-corrected chi connectivity index (χ4v) is 3.91. The number of hydrogen-bond acceptors (Lipinski definition) is 11. The molecule has 16 heteroatoms. The minimum absolute atomic E-state index is 0.0262. The minimum atomic E-state index is -0.885. The molecule has 0 unspecified atom stereocenters. The molecule has 0 saturated carbocycles. The molecule has 5 N–H and O–H groups in total. The summed E-state index contributed by atoms with van der Waals surface area (Å²) in [5.74, 6) is -0.334. The summed E-state index contributed by atoms with van der Waals surface area (Å²) in [4.78, 5) is 49.9. The summed E-state index contributed by atoms with van der Waals surface area (Å²) >= 11 is 5.95. The van der Waals surface area contributed by atoms with E-state index in [1.165, 1.54) is 12.3 Å². The fraction of sp³-hybridized carbons (Fsp3) is 0.300. The number of pyridine rings is 1. The summed E-state index contributed by atoms with van der Waals surface area (Å²) in [6, 6.07) is 13.6. The van der Waals surface area contributed by atoms with E-state index in [1.807, 2.05) is 26.0 Å². The number of aromatic nitrogens is 4. The molecule has 0 radical (unpaired) electrons. The Morgan fingerprint density at radius 3 is 2.35 bits per heavy atom. The van der Waals surface area contributed by atoms with E-state index in [2.05, 4.69) is 46.7 Å². The van der Waals surface area contributed by atoms with Crippen LogP contribution in [0.3, 0.4) is 0 Å². The largest absolute Gasteiger partial charge is 0.461 e. The first-order valence-corrected chi connectivity index (χ1v) is 14.5. The van der Waals surface area contributed by atoms with Gasteiger partial charge in [0.2, 0.25) is 0 Å². The number of nitrogens with zero attached hydrogens (tertiary/aromatic N) is 4. The van der Waals surface area contributed by atoms with Gasteiger partial charge in [-0.25, -0.2) is 9.37 Å². The second-order valence-electron chi connectivity index (χ2n) is 10.8. The number of carbonyl (C=O) groups is 3. The first-order valence-electron chi connectivity index (χ1n) is 14.1. The topological polar surface area (TPSA) is 185 Å². The second kappa shape index (κ2) is 15.6. The molecule has 3 amide bonds. The standard InChI is InChI=1S/C30H33ClFN9O5/c1-18-12-25(41-46-18)38-28(44)27(43)36-17-30(2,3)16-35-26(42)20-6-9-22(34-15-20)37-24-13-23(39-29(40-24)45-11-10-32)33-14-19-4-7-21(31)8-5-19/h4-9,12-13,15H,10-11,14,16-17H2,1-3H3,(H,35,42)(H,36,43)(H,38,41,44)(H2,33,34,37,39,40). The molecule has 4 rings (SSSR count). The average molecular weight is 654 g/mol. The van der Waals surface area contributed by atoms with Crippen LogP contribution >= 0.6 is 11.6 Å². The van der Waals surface area contributed by atoms with Crippen molar-refractivity contribution >= 4 is 52.6 Å². The molecular weight excluding hydrogens is 621 g/mol. The highest BCUT2D eigenvalue weighted by Gasteiger charge is 2.23. The molecule has 3 aromatic heterocycles. The Hall–Kier alpha value is -5.31. The van der Waals surface area contributed by atoms with E-state index in [-0.39, 0.29) is 37.4 Å². The normalized spacial score (nSPS) is 11.0. The van der Waals surface area contributed by atoms with Crippen LogP contribution in [0.2, 0.25) is 5.02 Å². The highest BCUT2D eigenvalue weighted by Crippen LogP contribution is 2.21. The van der Waals surface area contributed by atoms with Crippen molar-refractivity contribution in [3.8, 4) is 6.01 Å². The third-order valence-electron chi connectivity index (χ3n) is 6.21. The van der Waals surface area contributed by atoms with Crippen molar-refractivity contribution in [2.75, 3.05) is 42.3 Å². The van der Waals surface area contributed by atoms with Crippen molar-refractivity contribution in [2.45, 2.75) is 27.3 Å². The van der Waals surface area contributed by atoms with Crippen molar-refractivity contribution in [1.82, 2.24) is 30.7 Å². The number of anilines is 4. The van der Waals surface area contributed by atoms with Crippen LogP contribution in [0.4, 0.5) is 27.7 Å². The van der Waals surface area contributed by atoms with Gasteiger partial charge < -0.3 is 30.5 Å². The molecule has 0 aliphatic heterocycles. The number of hydrogen-bond donors (Lipinski definition) is 5. The van der Waals surface area contributed by atoms with Gasteiger partial charge in [0.05, 0.1) is 5.56 Å². The van der Waals surface area contributed by atoms with E-state index < -0.39 is 23.9 Å². The first kappa shape index (κ1) is 33.6. The van der Waals surface area contributed by atoms with Crippen LogP contribution in [0.25, 0.3) is 0 Å². The molecule has 46 heavy (non-hydrogen) atoms. The van der Waals surface area contributed by atoms with Gasteiger partial charge in [-0.05, 0) is 42.2 Å². The number of benzene rings is 1. The van der Waals surface area contributed by atoms with Gasteiger partial charge in [0, 0.05) is 43.0 Å². The Kier molecular flexibility index (Phi) is 11.4. The molecule has 0 saturated heterocycles. The minimum Gasteiger partial charge on any atom is -0.461 e. The van der Waals surface area contributed by atoms with Crippen molar-refractivity contribution in [1.29, 1.82) is 0 Å². The van der Waals surface area contributed by atoms with Crippen LogP contribution in [0, 0.1) is 12.3 Å². The number of halogens is 2. The molecule has 0 aliphatic carbocycles. The van der Waals surface area contributed by atoms with Crippen LogP contribution in [0.1, 0.15) is 35.5 Å². The van der Waals surface area contributed by atoms with Gasteiger partial charge in [-0.1, -0.05) is 42.7 Å². The van der Waals surface area contributed by atoms with E-state index >= 15 is 0 Å². The predicted octanol–water partition coefficient (Wildman–Crippen LogP) is 4.04. The van der Waals surface area contributed by atoms with Crippen molar-refractivity contribution < 1.29 is 28.0 Å². The maximum absolute atomic E-state index is 12.8. The number of aryl methyl sites for hydroxylation is 1. The lowest BCUT2D eigenvalue weighted by atomic mass is 9.93. The van der Waals surface area contributed by atoms with E-state index in [0.29, 0.717) is 40.3 Å². The molecule has 14 nitrogen and oxygen atoms in total. The Labute approximate surface area is 268 Å². The van der Waals surface area contributed by atoms with Gasteiger partial charge in [0.1, 0.15) is 36.5 Å². The van der Waals surface area contributed by atoms with Crippen LogP contribution in [0.5, 0.6) is 6.01 Å². The highest BCUT2D eigenvalue weighted by molar-refractivity contribution is 6.39. The van der Waals surface area contributed by atoms with Crippen LogP contribution in [0.15, 0.2) is 59.3 Å². The second-order valence-corrected chi connectivity index (χ2v) is 11.2. The fourth-order valence-electron chi connectivity index (χ4n) is 3.78. The number of amides is 3. The van der Waals surface area contributed by atoms with Gasteiger partial charge in [-0.3, -0.25) is 19.7 Å². The average Bonchev–Trinajstić information content (AvgIpc) is 3.45. The number of alkyl halides is 1. The molecule has 0 bridgehead atoms. The zero-order valence-corrected chi connectivity index (χ0v) is 26.1. The van der Waals surface area contributed by atoms with Crippen molar-refractivity contribution in [3.63, 3.8) is 0 Å². The molecule has 0 atom stereocenters. The Bertz CT molecular complexity index is 1650. The molecule has 242 valence electrons. The molecular formula is C30H33ClFN9O5. The lowest BCUT2D eigenvalue weighted by Gasteiger charge is -2.25. The number of ether oxygens (including phenoxy) is 1. The first-order chi connectivity index (χ1) is 22.0. The van der Waals surface area contributed by atoms with E-state index in [0.717, 1.165) is 5.56 Å². The van der Waals surface area contributed by atoms with Gasteiger partial charge in [0.25, 0.3) is 5.91 Å². The summed E-state index contributed by atoms with van der Waals surface area (Å²) in [6.45, 7) is 5.16. The van der Waals surface area contributed by atoms with Gasteiger partial charge in [-0.2, -0.15) is 9.97 Å². The Morgan fingerprint density at radius 2 is 1.67 bits per heavy atom. The third-order valence-corrected chi connectivity index (χ3v) is 6.47. The summed E-state index contributed by atoms with van der Waals surface area (Å²) in [5.41, 5.74) is 0.681. The maximum atomic E-state index is 12.8. The van der Waals surface area contributed by atoms with Crippen molar-refractivity contribution in [3.05, 3.63) is 76.6 Å². The van der Waals surface area contributed by atoms with Gasteiger partial charge in [0.15, 0.2) is 5.82 Å². The molecule has 4 aromatic rings. The zero-order chi connectivity index (χ0) is 33.1. The lowest BCUT2D eigenvalue weighted by molar-refractivity contribution is -0.136. The maximum Gasteiger partial charge on any atom is 0.320 e. The quantitative estimate of drug-likeness (QED) is 0.124. The summed E-state index contributed by atoms with van der Waals surface area (Å²) < 4.78 is 22.9. The van der Waals surface area contributed by atoms with Crippen LogP contribution < -0.4 is 31.3 Å². The number of nitrogens with one attached hydrogen (secondary N) is 5. The predicted molar refractivity (Wildman–Crippen MR) is 169 cm³/mol.